The number of rotatable bonds is 10. The van der Waals surface area contributed by atoms with Gasteiger partial charge >= 0.3 is 12.0 Å². The Balaban J connectivity index is 1.66. The highest BCUT2D eigenvalue weighted by atomic mass is 32.2. The van der Waals surface area contributed by atoms with Crippen molar-refractivity contribution in [2.45, 2.75) is 32.1 Å². The van der Waals surface area contributed by atoms with E-state index < -0.39 is 23.9 Å². The molecule has 3 rings (SSSR count). The second-order valence-electron chi connectivity index (χ2n) is 8.24. The van der Waals surface area contributed by atoms with Crippen LogP contribution in [0.15, 0.2) is 78.9 Å². The van der Waals surface area contributed by atoms with Crippen molar-refractivity contribution in [1.82, 2.24) is 10.2 Å². The van der Waals surface area contributed by atoms with Crippen molar-refractivity contribution in [2.24, 2.45) is 0 Å². The number of hydrogen-bond acceptors (Lipinski definition) is 4. The van der Waals surface area contributed by atoms with E-state index in [-0.39, 0.29) is 12.3 Å². The summed E-state index contributed by atoms with van der Waals surface area (Å²) in [6.45, 7) is 4.07. The van der Waals surface area contributed by atoms with E-state index in [1.165, 1.54) is 17.3 Å². The van der Waals surface area contributed by atoms with Gasteiger partial charge in [0.15, 0.2) is 0 Å². The Labute approximate surface area is 210 Å². The highest BCUT2D eigenvalue weighted by Gasteiger charge is 2.27. The molecule has 0 saturated carbocycles. The molecule has 1 atom stereocenters. The SMILES string of the molecule is CCCN(C(=O)N[C@@H](CSCc1ccccc1)C(=O)O)C(=O)c1ccc(-c2ccc(C)cc2)cc1. The van der Waals surface area contributed by atoms with Crippen LogP contribution >= 0.6 is 11.8 Å². The van der Waals surface area contributed by atoms with Crippen LogP contribution in [0.25, 0.3) is 11.1 Å². The molecule has 2 N–H and O–H groups in total. The molecule has 3 aromatic rings. The van der Waals surface area contributed by atoms with E-state index in [9.17, 15) is 19.5 Å². The zero-order valence-electron chi connectivity index (χ0n) is 19.9. The Hall–Kier alpha value is -3.58. The van der Waals surface area contributed by atoms with Crippen LogP contribution in [-0.4, -0.2) is 46.3 Å². The minimum absolute atomic E-state index is 0.188. The second-order valence-corrected chi connectivity index (χ2v) is 9.27. The average molecular weight is 491 g/mol. The molecule has 0 fully saturated rings. The molecule has 0 radical (unpaired) electrons. The maximum atomic E-state index is 13.1. The first-order chi connectivity index (χ1) is 16.9. The first-order valence-electron chi connectivity index (χ1n) is 11.5. The number of hydrogen-bond donors (Lipinski definition) is 2. The number of thioether (sulfide) groups is 1. The predicted molar refractivity (Wildman–Crippen MR) is 141 cm³/mol. The van der Waals surface area contributed by atoms with E-state index in [1.807, 2.05) is 80.6 Å². The fourth-order valence-electron chi connectivity index (χ4n) is 3.50. The van der Waals surface area contributed by atoms with Gasteiger partial charge in [0.1, 0.15) is 6.04 Å². The Morgan fingerprint density at radius 2 is 1.51 bits per heavy atom. The van der Waals surface area contributed by atoms with Gasteiger partial charge in [0.25, 0.3) is 5.91 Å². The zero-order valence-corrected chi connectivity index (χ0v) is 20.8. The highest BCUT2D eigenvalue weighted by molar-refractivity contribution is 7.98. The van der Waals surface area contributed by atoms with Crippen LogP contribution in [0.4, 0.5) is 4.79 Å². The van der Waals surface area contributed by atoms with Crippen LogP contribution in [0.1, 0.15) is 34.8 Å². The van der Waals surface area contributed by atoms with Gasteiger partial charge in [-0.15, -0.1) is 0 Å². The quantitative estimate of drug-likeness (QED) is 0.386. The number of nitrogens with one attached hydrogen (secondary N) is 1. The lowest BCUT2D eigenvalue weighted by atomic mass is 10.0. The third-order valence-corrected chi connectivity index (χ3v) is 6.55. The summed E-state index contributed by atoms with van der Waals surface area (Å²) in [4.78, 5) is 38.9. The van der Waals surface area contributed by atoms with Crippen molar-refractivity contribution in [2.75, 3.05) is 12.3 Å². The van der Waals surface area contributed by atoms with Crippen LogP contribution in [0, 0.1) is 6.92 Å². The van der Waals surface area contributed by atoms with Gasteiger partial charge in [-0.25, -0.2) is 9.59 Å². The topological polar surface area (TPSA) is 86.7 Å². The van der Waals surface area contributed by atoms with Gasteiger partial charge in [-0.2, -0.15) is 11.8 Å². The number of carbonyl (C=O) groups is 3. The molecule has 6 nitrogen and oxygen atoms in total. The molecular formula is C28H30N2O4S. The lowest BCUT2D eigenvalue weighted by molar-refractivity contribution is -0.138. The lowest BCUT2D eigenvalue weighted by Gasteiger charge is -2.23. The molecule has 0 aliphatic rings. The first-order valence-corrected chi connectivity index (χ1v) is 12.7. The van der Waals surface area contributed by atoms with Crippen LogP contribution < -0.4 is 5.32 Å². The summed E-state index contributed by atoms with van der Waals surface area (Å²) < 4.78 is 0. The van der Waals surface area contributed by atoms with Crippen LogP contribution in [0.3, 0.4) is 0 Å². The Morgan fingerprint density at radius 1 is 0.914 bits per heavy atom. The van der Waals surface area contributed by atoms with Crippen molar-refractivity contribution in [3.63, 3.8) is 0 Å². The van der Waals surface area contributed by atoms with Crippen molar-refractivity contribution >= 4 is 29.7 Å². The Bertz CT molecular complexity index is 1130. The number of aryl methyl sites for hydroxylation is 1. The van der Waals surface area contributed by atoms with Crippen LogP contribution in [0.5, 0.6) is 0 Å². The maximum absolute atomic E-state index is 13.1. The fourth-order valence-corrected chi connectivity index (χ4v) is 4.50. The molecule has 0 aromatic heterocycles. The number of carboxylic acids is 1. The molecule has 3 amide bonds. The number of amides is 3. The van der Waals surface area contributed by atoms with Gasteiger partial charge < -0.3 is 10.4 Å². The summed E-state index contributed by atoms with van der Waals surface area (Å²) in [7, 11) is 0. The van der Waals surface area contributed by atoms with Gasteiger partial charge in [0, 0.05) is 23.6 Å². The summed E-state index contributed by atoms with van der Waals surface area (Å²) >= 11 is 1.42. The monoisotopic (exact) mass is 490 g/mol. The number of carboxylic acid groups (broad SMARTS) is 1. The van der Waals surface area contributed by atoms with Crippen molar-refractivity contribution < 1.29 is 19.5 Å². The van der Waals surface area contributed by atoms with Crippen molar-refractivity contribution in [3.05, 3.63) is 95.6 Å². The first kappa shape index (κ1) is 26.0. The van der Waals surface area contributed by atoms with Gasteiger partial charge in [-0.3, -0.25) is 9.69 Å². The smallest absolute Gasteiger partial charge is 0.327 e. The molecule has 0 saturated heterocycles. The molecule has 0 unspecified atom stereocenters. The summed E-state index contributed by atoms with van der Waals surface area (Å²) in [5, 5.41) is 12.1. The maximum Gasteiger partial charge on any atom is 0.327 e. The molecule has 7 heteroatoms. The van der Waals surface area contributed by atoms with Gasteiger partial charge in [-0.1, -0.05) is 79.2 Å². The largest absolute Gasteiger partial charge is 0.480 e. The molecule has 0 aliphatic carbocycles. The summed E-state index contributed by atoms with van der Waals surface area (Å²) in [5.41, 5.74) is 4.61. The van der Waals surface area contributed by atoms with Crippen molar-refractivity contribution in [3.8, 4) is 11.1 Å². The predicted octanol–water partition coefficient (Wildman–Crippen LogP) is 5.61. The van der Waals surface area contributed by atoms with E-state index in [1.54, 1.807) is 12.1 Å². The standard InChI is InChI=1S/C28H30N2O4S/c1-3-17-30(26(31)24-15-13-23(14-16-24)22-11-9-20(2)10-12-22)28(34)29-25(27(32)33)19-35-18-21-7-5-4-6-8-21/h4-16,25H,3,17-19H2,1-2H3,(H,29,34)(H,32,33)/t25-/m0/s1. The van der Waals surface area contributed by atoms with Gasteiger partial charge in [0.2, 0.25) is 0 Å². The number of imide groups is 1. The molecular weight excluding hydrogens is 460 g/mol. The molecule has 0 aliphatic heterocycles. The average Bonchev–Trinajstić information content (AvgIpc) is 2.87. The van der Waals surface area contributed by atoms with Crippen LogP contribution in [-0.2, 0) is 10.5 Å². The van der Waals surface area contributed by atoms with Gasteiger partial charge in [-0.05, 0) is 42.2 Å². The zero-order chi connectivity index (χ0) is 25.2. The minimum atomic E-state index is -1.13. The lowest BCUT2D eigenvalue weighted by Crippen LogP contribution is -2.51. The van der Waals surface area contributed by atoms with E-state index in [4.69, 9.17) is 0 Å². The fraction of sp³-hybridized carbons (Fsp3) is 0.250. The van der Waals surface area contributed by atoms with Gasteiger partial charge in [0.05, 0.1) is 0 Å². The van der Waals surface area contributed by atoms with E-state index in [2.05, 4.69) is 5.32 Å². The minimum Gasteiger partial charge on any atom is -0.480 e. The summed E-state index contributed by atoms with van der Waals surface area (Å²) in [5.74, 6) is -0.771. The summed E-state index contributed by atoms with van der Waals surface area (Å²) in [6, 6.07) is 23.1. The van der Waals surface area contributed by atoms with E-state index >= 15 is 0 Å². The van der Waals surface area contributed by atoms with Crippen LogP contribution in [0.2, 0.25) is 0 Å². The normalized spacial score (nSPS) is 11.5. The number of benzene rings is 3. The third-order valence-electron chi connectivity index (χ3n) is 5.45. The Kier molecular flexibility index (Phi) is 9.49. The van der Waals surface area contributed by atoms with E-state index in [0.29, 0.717) is 17.7 Å². The third kappa shape index (κ3) is 7.45. The number of aliphatic carboxylic acids is 1. The molecule has 0 bridgehead atoms. The summed E-state index contributed by atoms with van der Waals surface area (Å²) in [6.07, 6.45) is 0.557. The second kappa shape index (κ2) is 12.8. The highest BCUT2D eigenvalue weighted by Crippen LogP contribution is 2.21. The number of carbonyl (C=O) groups excluding carboxylic acids is 2. The molecule has 3 aromatic carbocycles. The van der Waals surface area contributed by atoms with Crippen molar-refractivity contribution in [1.29, 1.82) is 0 Å². The molecule has 35 heavy (non-hydrogen) atoms. The Morgan fingerprint density at radius 3 is 2.09 bits per heavy atom. The molecule has 0 heterocycles. The molecule has 0 spiro atoms. The number of nitrogens with zero attached hydrogens (tertiary/aromatic N) is 1. The number of urea groups is 1. The molecule has 182 valence electrons. The van der Waals surface area contributed by atoms with E-state index in [0.717, 1.165) is 21.6 Å².